The molecule has 2 heterocycles. The highest BCUT2D eigenvalue weighted by Crippen LogP contribution is 2.53. The summed E-state index contributed by atoms with van der Waals surface area (Å²) in [5.41, 5.74) is 5.38. The van der Waals surface area contributed by atoms with Crippen LogP contribution in [0.25, 0.3) is 0 Å². The summed E-state index contributed by atoms with van der Waals surface area (Å²) in [5, 5.41) is 8.63. The number of rotatable bonds is 5. The van der Waals surface area contributed by atoms with Crippen LogP contribution < -0.4 is 11.1 Å². The lowest BCUT2D eigenvalue weighted by Crippen LogP contribution is -2.48. The molecule has 2 atom stereocenters. The second-order valence-corrected chi connectivity index (χ2v) is 8.80. The zero-order chi connectivity index (χ0) is 15.4. The van der Waals surface area contributed by atoms with E-state index in [9.17, 15) is 9.59 Å². The monoisotopic (exact) mass is 360 g/mol. The van der Waals surface area contributed by atoms with Crippen LogP contribution in [-0.2, 0) is 9.59 Å². The van der Waals surface area contributed by atoms with Crippen LogP contribution in [0.15, 0.2) is 29.6 Å². The van der Waals surface area contributed by atoms with E-state index in [1.165, 1.54) is 16.0 Å². The minimum absolute atomic E-state index is 0.0223. The number of carbonyl (C=O) groups excluding carboxylic acids is 2. The number of amides is 2. The fraction of sp³-hybridized carbons (Fsp3) is 0.385. The first-order valence-corrected chi connectivity index (χ1v) is 9.86. The minimum atomic E-state index is -0.623. The number of hydrogen-bond acceptors (Lipinski definition) is 6. The molecule has 3 N–H and O–H groups in total. The second kappa shape index (κ2) is 7.71. The van der Waals surface area contributed by atoms with Crippen molar-refractivity contribution in [3.05, 3.63) is 29.6 Å². The van der Waals surface area contributed by atoms with E-state index in [0.717, 1.165) is 10.7 Å². The zero-order valence-electron chi connectivity index (χ0n) is 11.6. The number of nitrogens with two attached hydrogens (primary N) is 1. The SMILES string of the molecule is CCC(C)C(NC(=O)C1=CSC(=C2SC=CS2)S1)C(N)=O. The molecule has 21 heavy (non-hydrogen) atoms. The first kappa shape index (κ1) is 16.9. The van der Waals surface area contributed by atoms with Gasteiger partial charge in [0.25, 0.3) is 5.91 Å². The van der Waals surface area contributed by atoms with Crippen molar-refractivity contribution in [3.63, 3.8) is 0 Å². The molecule has 0 aromatic rings. The number of thioether (sulfide) groups is 4. The highest BCUT2D eigenvalue weighted by Gasteiger charge is 2.28. The quantitative estimate of drug-likeness (QED) is 0.783. The van der Waals surface area contributed by atoms with Crippen LogP contribution in [0.3, 0.4) is 0 Å². The molecule has 2 aliphatic heterocycles. The lowest BCUT2D eigenvalue weighted by atomic mass is 9.98. The van der Waals surface area contributed by atoms with Gasteiger partial charge >= 0.3 is 0 Å². The van der Waals surface area contributed by atoms with Gasteiger partial charge in [0.15, 0.2) is 0 Å². The Morgan fingerprint density at radius 3 is 2.48 bits per heavy atom. The van der Waals surface area contributed by atoms with E-state index in [1.54, 1.807) is 35.3 Å². The average Bonchev–Trinajstić information content (AvgIpc) is 3.12. The molecule has 2 aliphatic rings. The topological polar surface area (TPSA) is 72.2 Å². The van der Waals surface area contributed by atoms with Gasteiger partial charge in [-0.1, -0.05) is 67.3 Å². The maximum Gasteiger partial charge on any atom is 0.259 e. The Kier molecular flexibility index (Phi) is 6.21. The Morgan fingerprint density at radius 1 is 1.24 bits per heavy atom. The maximum absolute atomic E-state index is 12.3. The minimum Gasteiger partial charge on any atom is -0.368 e. The van der Waals surface area contributed by atoms with Gasteiger partial charge in [0.2, 0.25) is 5.91 Å². The lowest BCUT2D eigenvalue weighted by Gasteiger charge is -2.21. The van der Waals surface area contributed by atoms with Crippen molar-refractivity contribution in [1.82, 2.24) is 5.32 Å². The van der Waals surface area contributed by atoms with E-state index < -0.39 is 11.9 Å². The van der Waals surface area contributed by atoms with Gasteiger partial charge in [0.05, 0.1) is 13.4 Å². The summed E-state index contributed by atoms with van der Waals surface area (Å²) in [5.74, 6) is -0.694. The van der Waals surface area contributed by atoms with E-state index >= 15 is 0 Å². The van der Waals surface area contributed by atoms with E-state index in [2.05, 4.69) is 5.32 Å². The van der Waals surface area contributed by atoms with Crippen molar-refractivity contribution >= 4 is 58.9 Å². The lowest BCUT2D eigenvalue weighted by molar-refractivity contribution is -0.126. The molecule has 114 valence electrons. The number of nitrogens with one attached hydrogen (secondary N) is 1. The number of hydrogen-bond donors (Lipinski definition) is 2. The van der Waals surface area contributed by atoms with Gasteiger partial charge in [-0.3, -0.25) is 9.59 Å². The van der Waals surface area contributed by atoms with Crippen molar-refractivity contribution in [1.29, 1.82) is 0 Å². The Bertz CT molecular complexity index is 532. The largest absolute Gasteiger partial charge is 0.368 e. The predicted octanol–water partition coefficient (Wildman–Crippen LogP) is 3.40. The highest BCUT2D eigenvalue weighted by atomic mass is 32.2. The molecule has 0 aromatic heterocycles. The molecule has 0 aromatic carbocycles. The molecule has 0 aliphatic carbocycles. The molecule has 0 bridgehead atoms. The van der Waals surface area contributed by atoms with E-state index in [4.69, 9.17) is 5.73 Å². The highest BCUT2D eigenvalue weighted by molar-refractivity contribution is 8.33. The normalized spacial score (nSPS) is 20.4. The summed E-state index contributed by atoms with van der Waals surface area (Å²) < 4.78 is 2.30. The van der Waals surface area contributed by atoms with Gasteiger partial charge in [-0.05, 0) is 22.1 Å². The Labute approximate surface area is 141 Å². The summed E-state index contributed by atoms with van der Waals surface area (Å²) in [7, 11) is 0. The molecule has 0 spiro atoms. The summed E-state index contributed by atoms with van der Waals surface area (Å²) in [6.07, 6.45) is 0.781. The van der Waals surface area contributed by atoms with E-state index in [1.807, 2.05) is 30.1 Å². The van der Waals surface area contributed by atoms with Crippen LogP contribution in [0.5, 0.6) is 0 Å². The van der Waals surface area contributed by atoms with E-state index in [0.29, 0.717) is 4.91 Å². The van der Waals surface area contributed by atoms with E-state index in [-0.39, 0.29) is 11.8 Å². The van der Waals surface area contributed by atoms with Crippen LogP contribution in [0.1, 0.15) is 20.3 Å². The summed E-state index contributed by atoms with van der Waals surface area (Å²) in [4.78, 5) is 24.4. The maximum atomic E-state index is 12.3. The molecule has 0 saturated heterocycles. The summed E-state index contributed by atoms with van der Waals surface area (Å²) in [6, 6.07) is -0.623. The van der Waals surface area contributed by atoms with Crippen molar-refractivity contribution < 1.29 is 9.59 Å². The van der Waals surface area contributed by atoms with Crippen LogP contribution >= 0.6 is 47.0 Å². The summed E-state index contributed by atoms with van der Waals surface area (Å²) in [6.45, 7) is 3.88. The van der Waals surface area contributed by atoms with Crippen LogP contribution in [-0.4, -0.2) is 17.9 Å². The fourth-order valence-corrected chi connectivity index (χ4v) is 6.04. The smallest absolute Gasteiger partial charge is 0.259 e. The molecule has 4 nitrogen and oxygen atoms in total. The predicted molar refractivity (Wildman–Crippen MR) is 95.2 cm³/mol. The van der Waals surface area contributed by atoms with Crippen LogP contribution in [0.2, 0.25) is 0 Å². The molecule has 2 rings (SSSR count). The molecular weight excluding hydrogens is 344 g/mol. The van der Waals surface area contributed by atoms with Gasteiger partial charge < -0.3 is 11.1 Å². The molecule has 8 heteroatoms. The third kappa shape index (κ3) is 4.28. The third-order valence-corrected chi connectivity index (χ3v) is 8.10. The van der Waals surface area contributed by atoms with Crippen LogP contribution in [0, 0.1) is 5.92 Å². The van der Waals surface area contributed by atoms with Crippen molar-refractivity contribution in [2.75, 3.05) is 0 Å². The van der Waals surface area contributed by atoms with Crippen molar-refractivity contribution in [2.24, 2.45) is 11.7 Å². The molecule has 0 saturated carbocycles. The molecule has 2 unspecified atom stereocenters. The van der Waals surface area contributed by atoms with Crippen molar-refractivity contribution in [3.8, 4) is 0 Å². The Balaban J connectivity index is 1.98. The van der Waals surface area contributed by atoms with Gasteiger partial charge in [-0.15, -0.1) is 0 Å². The van der Waals surface area contributed by atoms with Crippen molar-refractivity contribution in [2.45, 2.75) is 26.3 Å². The van der Waals surface area contributed by atoms with Gasteiger partial charge in [0.1, 0.15) is 6.04 Å². The van der Waals surface area contributed by atoms with Gasteiger partial charge in [0, 0.05) is 0 Å². The number of carbonyl (C=O) groups is 2. The molecule has 0 radical (unpaired) electrons. The Morgan fingerprint density at radius 2 is 1.90 bits per heavy atom. The molecule has 2 amide bonds. The zero-order valence-corrected chi connectivity index (χ0v) is 14.9. The Hall–Kier alpha value is -0.440. The molecular formula is C13H16N2O2S4. The fourth-order valence-electron chi connectivity index (χ4n) is 1.69. The molecule has 0 fully saturated rings. The standard InChI is InChI=1S/C13H16N2O2S4/c1-3-7(2)9(10(14)16)15-11(17)8-6-20-13(21-8)12-18-4-5-19-12/h4-7,9H,3H2,1-2H3,(H2,14,16)(H,15,17). The third-order valence-electron chi connectivity index (χ3n) is 3.08. The first-order chi connectivity index (χ1) is 10.0. The second-order valence-electron chi connectivity index (χ2n) is 4.52. The summed E-state index contributed by atoms with van der Waals surface area (Å²) >= 11 is 6.32. The number of primary amides is 1. The van der Waals surface area contributed by atoms with Gasteiger partial charge in [-0.25, -0.2) is 0 Å². The van der Waals surface area contributed by atoms with Crippen LogP contribution in [0.4, 0.5) is 0 Å². The average molecular weight is 361 g/mol. The first-order valence-electron chi connectivity index (χ1n) is 6.40. The van der Waals surface area contributed by atoms with Gasteiger partial charge in [-0.2, -0.15) is 0 Å².